The first-order valence-corrected chi connectivity index (χ1v) is 15.6. The van der Waals surface area contributed by atoms with Gasteiger partial charge in [-0.3, -0.25) is 14.2 Å². The molecule has 10 nitrogen and oxygen atoms in total. The monoisotopic (exact) mass is 604 g/mol. The van der Waals surface area contributed by atoms with E-state index in [1.807, 2.05) is 56.0 Å². The Hall–Kier alpha value is -3.79. The Morgan fingerprint density at radius 1 is 0.930 bits per heavy atom. The van der Waals surface area contributed by atoms with Gasteiger partial charge in [-0.05, 0) is 48.8 Å². The summed E-state index contributed by atoms with van der Waals surface area (Å²) in [6, 6.07) is 11.1. The van der Waals surface area contributed by atoms with Crippen LogP contribution in [0.25, 0.3) is 34.4 Å². The van der Waals surface area contributed by atoms with Crippen molar-refractivity contribution < 1.29 is 9.21 Å². The summed E-state index contributed by atoms with van der Waals surface area (Å²) in [6.45, 7) is 7.10. The lowest BCUT2D eigenvalue weighted by molar-refractivity contribution is -0.134. The summed E-state index contributed by atoms with van der Waals surface area (Å²) in [7, 11) is 0. The fourth-order valence-electron chi connectivity index (χ4n) is 6.17. The molecule has 1 aromatic carbocycles. The summed E-state index contributed by atoms with van der Waals surface area (Å²) in [4.78, 5) is 51.0. The van der Waals surface area contributed by atoms with E-state index < -0.39 is 11.2 Å². The first kappa shape index (κ1) is 29.3. The number of piperidine rings is 1. The van der Waals surface area contributed by atoms with Crippen LogP contribution in [0.1, 0.15) is 83.4 Å². The highest BCUT2D eigenvalue weighted by molar-refractivity contribution is 6.17. The zero-order valence-electron chi connectivity index (χ0n) is 24.9. The number of alkyl halides is 1. The van der Waals surface area contributed by atoms with Crippen LogP contribution in [0.15, 0.2) is 50.4 Å². The Morgan fingerprint density at radius 2 is 1.60 bits per heavy atom. The van der Waals surface area contributed by atoms with Crippen molar-refractivity contribution in [3.63, 3.8) is 0 Å². The minimum absolute atomic E-state index is 0.0148. The van der Waals surface area contributed by atoms with Crippen LogP contribution in [0.2, 0.25) is 0 Å². The van der Waals surface area contributed by atoms with Crippen LogP contribution in [0.5, 0.6) is 0 Å². The Labute approximate surface area is 255 Å². The van der Waals surface area contributed by atoms with Crippen LogP contribution < -0.4 is 11.2 Å². The van der Waals surface area contributed by atoms with Crippen molar-refractivity contribution >= 4 is 17.5 Å². The number of benzene rings is 1. The highest BCUT2D eigenvalue weighted by Gasteiger charge is 2.32. The molecule has 1 amide bonds. The van der Waals surface area contributed by atoms with E-state index >= 15 is 0 Å². The molecule has 43 heavy (non-hydrogen) atoms. The van der Waals surface area contributed by atoms with Gasteiger partial charge in [-0.1, -0.05) is 57.9 Å². The highest BCUT2D eigenvalue weighted by Crippen LogP contribution is 2.34. The average molecular weight is 605 g/mol. The maximum atomic E-state index is 14.0. The Bertz CT molecular complexity index is 1700. The molecule has 1 aliphatic carbocycles. The largest absolute Gasteiger partial charge is 0.453 e. The molecule has 4 aliphatic rings. The van der Waals surface area contributed by atoms with Gasteiger partial charge in [0, 0.05) is 37.0 Å². The normalized spacial score (nSPS) is 16.8. The molecule has 3 aliphatic heterocycles. The lowest BCUT2D eigenvalue weighted by Gasteiger charge is -2.34. The molecule has 0 atom stereocenters. The smallest absolute Gasteiger partial charge is 0.352 e. The minimum Gasteiger partial charge on any atom is -0.453 e. The van der Waals surface area contributed by atoms with E-state index in [1.54, 1.807) is 10.7 Å². The van der Waals surface area contributed by atoms with Gasteiger partial charge in [0.15, 0.2) is 17.3 Å². The van der Waals surface area contributed by atoms with Crippen molar-refractivity contribution in [2.75, 3.05) is 13.1 Å². The molecule has 0 bridgehead atoms. The summed E-state index contributed by atoms with van der Waals surface area (Å²) in [5.74, 6) is 2.08. The second-order valence-corrected chi connectivity index (χ2v) is 13.2. The Kier molecular flexibility index (Phi) is 7.98. The number of aromatic nitrogens is 5. The van der Waals surface area contributed by atoms with Crippen LogP contribution in [0, 0.1) is 5.41 Å². The van der Waals surface area contributed by atoms with Crippen molar-refractivity contribution in [3.05, 3.63) is 62.8 Å². The van der Waals surface area contributed by atoms with Crippen molar-refractivity contribution in [2.45, 2.75) is 83.7 Å². The Morgan fingerprint density at radius 3 is 2.26 bits per heavy atom. The van der Waals surface area contributed by atoms with Gasteiger partial charge < -0.3 is 9.32 Å². The van der Waals surface area contributed by atoms with Crippen LogP contribution in [-0.4, -0.2) is 48.2 Å². The van der Waals surface area contributed by atoms with E-state index in [1.165, 1.54) is 4.57 Å². The van der Waals surface area contributed by atoms with Gasteiger partial charge in [-0.25, -0.2) is 14.5 Å². The molecule has 4 heterocycles. The number of fused-ring (bicyclic) bond motifs is 1. The van der Waals surface area contributed by atoms with Gasteiger partial charge in [0.25, 0.3) is 5.56 Å². The quantitative estimate of drug-likeness (QED) is 0.260. The average Bonchev–Trinajstić information content (AvgIpc) is 3.70. The van der Waals surface area contributed by atoms with Gasteiger partial charge in [-0.15, -0.1) is 16.7 Å². The van der Waals surface area contributed by atoms with Gasteiger partial charge >= 0.3 is 5.69 Å². The molecule has 6 rings (SSSR count). The van der Waals surface area contributed by atoms with Crippen LogP contribution in [-0.2, 0) is 10.7 Å². The van der Waals surface area contributed by atoms with E-state index in [0.717, 1.165) is 36.8 Å². The molecule has 2 aromatic rings. The van der Waals surface area contributed by atoms with Crippen molar-refractivity contribution in [3.8, 4) is 34.4 Å². The second-order valence-electron chi connectivity index (χ2n) is 12.9. The fourth-order valence-corrected chi connectivity index (χ4v) is 6.35. The number of carbonyl (C=O) groups is 1. The van der Waals surface area contributed by atoms with Crippen molar-refractivity contribution in [1.82, 2.24) is 29.2 Å². The molecule has 0 spiro atoms. The number of amides is 1. The summed E-state index contributed by atoms with van der Waals surface area (Å²) in [6.07, 6.45) is 5.30. The van der Waals surface area contributed by atoms with Crippen molar-refractivity contribution in [2.24, 2.45) is 5.41 Å². The standard InChI is InChI=1S/C32H37ClN6O4/c1-32(2,3)18-26(40)37-16-14-22(15-17-37)38-30(41)27-29(35-31(38)42)39(23-6-4-5-7-23)36-28(34-27)25-13-12-24(43-25)21-10-8-20(19-33)9-11-21/h8-13,22-23H,4-7,14-19H2,1-3H3. The SMILES string of the molecule is CC(C)(C)CC(=O)N1CCC(n2c(=O)nc3n(C4CCCC4)nc(-c4ccc(-c5ccc(CCl)cc5)o4)nc-3c2=O)CC1. The molecular formula is C32H37ClN6O4. The maximum Gasteiger partial charge on any atom is 0.352 e. The topological polar surface area (TPSA) is 116 Å². The third kappa shape index (κ3) is 6.02. The van der Waals surface area contributed by atoms with E-state index in [9.17, 15) is 14.4 Å². The predicted molar refractivity (Wildman–Crippen MR) is 164 cm³/mol. The number of carbonyl (C=O) groups excluding carboxylic acids is 1. The first-order valence-electron chi connectivity index (χ1n) is 15.1. The number of hydrogen-bond acceptors (Lipinski definition) is 7. The van der Waals surface area contributed by atoms with E-state index in [4.69, 9.17) is 21.1 Å². The zero-order valence-corrected chi connectivity index (χ0v) is 25.6. The van der Waals surface area contributed by atoms with Crippen LogP contribution >= 0.6 is 11.6 Å². The first-order chi connectivity index (χ1) is 20.6. The van der Waals surface area contributed by atoms with Crippen LogP contribution in [0.4, 0.5) is 0 Å². The second kappa shape index (κ2) is 11.7. The lowest BCUT2D eigenvalue weighted by Crippen LogP contribution is -2.46. The van der Waals surface area contributed by atoms with Crippen molar-refractivity contribution in [1.29, 1.82) is 0 Å². The molecular weight excluding hydrogens is 568 g/mol. The van der Waals surface area contributed by atoms with Gasteiger partial charge in [0.05, 0.1) is 6.04 Å². The van der Waals surface area contributed by atoms with Crippen LogP contribution in [0.3, 0.4) is 0 Å². The molecule has 2 fully saturated rings. The van der Waals surface area contributed by atoms with E-state index in [2.05, 4.69) is 9.97 Å². The van der Waals surface area contributed by atoms with Gasteiger partial charge in [-0.2, -0.15) is 4.98 Å². The number of nitrogens with zero attached hydrogens (tertiary/aromatic N) is 6. The molecule has 1 aromatic heterocycles. The number of rotatable bonds is 6. The van der Waals surface area contributed by atoms with E-state index in [-0.39, 0.29) is 40.7 Å². The highest BCUT2D eigenvalue weighted by atomic mass is 35.5. The van der Waals surface area contributed by atoms with Gasteiger partial charge in [0.1, 0.15) is 5.76 Å². The maximum absolute atomic E-state index is 14.0. The summed E-state index contributed by atoms with van der Waals surface area (Å²) < 4.78 is 9.12. The molecule has 11 heteroatoms. The Balaban J connectivity index is 1.36. The third-order valence-electron chi connectivity index (χ3n) is 8.43. The van der Waals surface area contributed by atoms with Gasteiger partial charge in [0.2, 0.25) is 11.7 Å². The summed E-state index contributed by atoms with van der Waals surface area (Å²) >= 11 is 5.94. The molecule has 0 N–H and O–H groups in total. The summed E-state index contributed by atoms with van der Waals surface area (Å²) in [5.41, 5.74) is 0.819. The molecule has 1 saturated heterocycles. The molecule has 0 unspecified atom stereocenters. The number of likely N-dealkylation sites (tertiary alicyclic amines) is 1. The lowest BCUT2D eigenvalue weighted by atomic mass is 9.91. The molecule has 226 valence electrons. The fraction of sp³-hybridized carbons (Fsp3) is 0.500. The molecule has 1 saturated carbocycles. The predicted octanol–water partition coefficient (Wildman–Crippen LogP) is 5.68. The molecule has 0 radical (unpaired) electrons. The zero-order chi connectivity index (χ0) is 30.3. The van der Waals surface area contributed by atoms with E-state index in [0.29, 0.717) is 49.8 Å². The number of furan rings is 1. The number of halogens is 1. The minimum atomic E-state index is -0.597. The number of hydrogen-bond donors (Lipinski definition) is 0. The third-order valence-corrected chi connectivity index (χ3v) is 8.74. The summed E-state index contributed by atoms with van der Waals surface area (Å²) in [5, 5.41) is 4.77.